The summed E-state index contributed by atoms with van der Waals surface area (Å²) in [6, 6.07) is 2.43. The van der Waals surface area contributed by atoms with Crippen LogP contribution in [-0.4, -0.2) is 19.9 Å². The molecule has 0 fully saturated rings. The van der Waals surface area contributed by atoms with E-state index < -0.39 is 20.9 Å². The molecule has 0 aliphatic heterocycles. The van der Waals surface area contributed by atoms with Crippen molar-refractivity contribution in [3.05, 3.63) is 24.1 Å². The molecular weight excluding hydrogens is 243 g/mol. The van der Waals surface area contributed by atoms with Crippen LogP contribution >= 0.6 is 0 Å². The van der Waals surface area contributed by atoms with E-state index in [-0.39, 0.29) is 12.0 Å². The highest BCUT2D eigenvalue weighted by atomic mass is 32.2. The highest BCUT2D eigenvalue weighted by Gasteiger charge is 2.24. The van der Waals surface area contributed by atoms with E-state index in [4.69, 9.17) is 0 Å². The first kappa shape index (κ1) is 14.1. The van der Waals surface area contributed by atoms with E-state index in [0.717, 1.165) is 12.5 Å². The lowest BCUT2D eigenvalue weighted by molar-refractivity contribution is 0.349. The van der Waals surface area contributed by atoms with Crippen molar-refractivity contribution in [3.63, 3.8) is 0 Å². The molecule has 0 spiro atoms. The number of hydrogen-bond donors (Lipinski definition) is 1. The Kier molecular flexibility index (Phi) is 4.21. The van der Waals surface area contributed by atoms with Gasteiger partial charge in [-0.1, -0.05) is 20.8 Å². The molecule has 0 bridgehead atoms. The van der Waals surface area contributed by atoms with E-state index in [0.29, 0.717) is 0 Å². The van der Waals surface area contributed by atoms with Crippen molar-refractivity contribution < 1.29 is 12.8 Å². The Bertz CT molecular complexity index is 486. The summed E-state index contributed by atoms with van der Waals surface area (Å²) >= 11 is 0. The third-order valence-corrected chi connectivity index (χ3v) is 4.01. The van der Waals surface area contributed by atoms with E-state index in [1.165, 1.54) is 12.3 Å². The van der Waals surface area contributed by atoms with Crippen molar-refractivity contribution in [1.29, 1.82) is 0 Å². The van der Waals surface area contributed by atoms with E-state index in [1.54, 1.807) is 0 Å². The molecule has 1 rings (SSSR count). The number of sulfonamides is 1. The molecule has 0 amide bonds. The van der Waals surface area contributed by atoms with Gasteiger partial charge in [0.25, 0.3) is 10.0 Å². The molecule has 6 heteroatoms. The predicted octanol–water partition coefficient (Wildman–Crippen LogP) is 1.94. The second kappa shape index (κ2) is 5.10. The Balaban J connectivity index is 2.88. The van der Waals surface area contributed by atoms with Gasteiger partial charge in [0.05, 0.1) is 0 Å². The van der Waals surface area contributed by atoms with Gasteiger partial charge in [0.15, 0.2) is 5.82 Å². The maximum Gasteiger partial charge on any atom is 0.261 e. The molecule has 0 saturated carbocycles. The SMILES string of the molecule is CCC(C)(C)CNS(=O)(=O)c1ncccc1F. The fraction of sp³-hybridized carbons (Fsp3) is 0.545. The van der Waals surface area contributed by atoms with Crippen LogP contribution < -0.4 is 4.72 Å². The fourth-order valence-electron chi connectivity index (χ4n) is 1.05. The quantitative estimate of drug-likeness (QED) is 0.880. The molecule has 1 aromatic rings. The number of halogens is 1. The van der Waals surface area contributed by atoms with Crippen LogP contribution in [0.2, 0.25) is 0 Å². The molecule has 0 aliphatic rings. The number of nitrogens with one attached hydrogen (secondary N) is 1. The van der Waals surface area contributed by atoms with Crippen LogP contribution in [0.15, 0.2) is 23.4 Å². The molecule has 0 radical (unpaired) electrons. The van der Waals surface area contributed by atoms with E-state index in [2.05, 4.69) is 9.71 Å². The van der Waals surface area contributed by atoms with Crippen LogP contribution in [0.1, 0.15) is 27.2 Å². The van der Waals surface area contributed by atoms with Crippen LogP contribution in [0.25, 0.3) is 0 Å². The van der Waals surface area contributed by atoms with Crippen molar-refractivity contribution in [2.45, 2.75) is 32.2 Å². The average Bonchev–Trinajstić information content (AvgIpc) is 2.27. The summed E-state index contributed by atoms with van der Waals surface area (Å²) in [6.07, 6.45) is 2.07. The standard InChI is InChI=1S/C11H17FN2O2S/c1-4-11(2,3)8-14-17(15,16)10-9(12)6-5-7-13-10/h5-7,14H,4,8H2,1-3H3. The zero-order valence-corrected chi connectivity index (χ0v) is 11.0. The molecule has 96 valence electrons. The van der Waals surface area contributed by atoms with Crippen molar-refractivity contribution in [2.24, 2.45) is 5.41 Å². The van der Waals surface area contributed by atoms with Crippen LogP contribution in [0.3, 0.4) is 0 Å². The largest absolute Gasteiger partial charge is 0.261 e. The zero-order chi connectivity index (χ0) is 13.1. The Hall–Kier alpha value is -1.01. The van der Waals surface area contributed by atoms with Gasteiger partial charge in [-0.2, -0.15) is 0 Å². The van der Waals surface area contributed by atoms with Crippen molar-refractivity contribution in [2.75, 3.05) is 6.54 Å². The van der Waals surface area contributed by atoms with Crippen LogP contribution in [-0.2, 0) is 10.0 Å². The zero-order valence-electron chi connectivity index (χ0n) is 10.2. The molecule has 1 aromatic heterocycles. The number of rotatable bonds is 5. The van der Waals surface area contributed by atoms with E-state index in [1.807, 2.05) is 20.8 Å². The van der Waals surface area contributed by atoms with Crippen molar-refractivity contribution in [3.8, 4) is 0 Å². The van der Waals surface area contributed by atoms with Crippen LogP contribution in [0.4, 0.5) is 4.39 Å². The Morgan fingerprint density at radius 3 is 2.65 bits per heavy atom. The second-order valence-electron chi connectivity index (χ2n) is 4.63. The van der Waals surface area contributed by atoms with Gasteiger partial charge in [-0.3, -0.25) is 0 Å². The monoisotopic (exact) mass is 260 g/mol. The molecule has 0 saturated heterocycles. The highest BCUT2D eigenvalue weighted by Crippen LogP contribution is 2.19. The molecular formula is C11H17FN2O2S. The molecule has 0 atom stereocenters. The minimum absolute atomic E-state index is 0.168. The predicted molar refractivity (Wildman–Crippen MR) is 63.5 cm³/mol. The maximum atomic E-state index is 13.3. The van der Waals surface area contributed by atoms with Gasteiger partial charge >= 0.3 is 0 Å². The minimum Gasteiger partial charge on any atom is -0.241 e. The summed E-state index contributed by atoms with van der Waals surface area (Å²) in [5, 5.41) is -0.549. The van der Waals surface area contributed by atoms with Gasteiger partial charge in [-0.25, -0.2) is 22.5 Å². The van der Waals surface area contributed by atoms with E-state index in [9.17, 15) is 12.8 Å². The number of pyridine rings is 1. The third-order valence-electron chi connectivity index (χ3n) is 2.68. The summed E-state index contributed by atoms with van der Waals surface area (Å²) in [4.78, 5) is 3.55. The minimum atomic E-state index is -3.87. The number of hydrogen-bond acceptors (Lipinski definition) is 3. The second-order valence-corrected chi connectivity index (χ2v) is 6.31. The van der Waals surface area contributed by atoms with Gasteiger partial charge in [0, 0.05) is 12.7 Å². The first-order chi connectivity index (χ1) is 7.78. The molecule has 0 unspecified atom stereocenters. The lowest BCUT2D eigenvalue weighted by atomic mass is 9.91. The lowest BCUT2D eigenvalue weighted by Gasteiger charge is -2.22. The smallest absolute Gasteiger partial charge is 0.241 e. The summed E-state index contributed by atoms with van der Waals surface area (Å²) in [7, 11) is -3.87. The molecule has 1 N–H and O–H groups in total. The van der Waals surface area contributed by atoms with Crippen molar-refractivity contribution >= 4 is 10.0 Å². The van der Waals surface area contributed by atoms with Gasteiger partial charge in [0.2, 0.25) is 5.03 Å². The Morgan fingerprint density at radius 1 is 1.47 bits per heavy atom. The maximum absolute atomic E-state index is 13.3. The fourth-order valence-corrected chi connectivity index (χ4v) is 2.29. The average molecular weight is 260 g/mol. The normalized spacial score (nSPS) is 12.7. The van der Waals surface area contributed by atoms with Crippen molar-refractivity contribution in [1.82, 2.24) is 9.71 Å². The van der Waals surface area contributed by atoms with Gasteiger partial charge in [-0.05, 0) is 24.0 Å². The molecule has 0 aromatic carbocycles. The first-order valence-electron chi connectivity index (χ1n) is 5.39. The molecule has 17 heavy (non-hydrogen) atoms. The highest BCUT2D eigenvalue weighted by molar-refractivity contribution is 7.89. The first-order valence-corrected chi connectivity index (χ1v) is 6.87. The molecule has 0 aliphatic carbocycles. The van der Waals surface area contributed by atoms with Gasteiger partial charge < -0.3 is 0 Å². The Labute approximate surface area is 101 Å². The van der Waals surface area contributed by atoms with Crippen LogP contribution in [0.5, 0.6) is 0 Å². The summed E-state index contributed by atoms with van der Waals surface area (Å²) < 4.78 is 39.3. The van der Waals surface area contributed by atoms with E-state index >= 15 is 0 Å². The van der Waals surface area contributed by atoms with Gasteiger partial charge in [-0.15, -0.1) is 0 Å². The number of aromatic nitrogens is 1. The topological polar surface area (TPSA) is 59.1 Å². The van der Waals surface area contributed by atoms with Gasteiger partial charge in [0.1, 0.15) is 0 Å². The lowest BCUT2D eigenvalue weighted by Crippen LogP contribution is -2.34. The molecule has 4 nitrogen and oxygen atoms in total. The summed E-state index contributed by atoms with van der Waals surface area (Å²) in [5.74, 6) is -0.839. The Morgan fingerprint density at radius 2 is 2.12 bits per heavy atom. The number of nitrogens with zero attached hydrogens (tertiary/aromatic N) is 1. The molecule has 1 heterocycles. The summed E-state index contributed by atoms with van der Waals surface area (Å²) in [6.45, 7) is 6.09. The van der Waals surface area contributed by atoms with Crippen LogP contribution in [0, 0.1) is 11.2 Å². The summed E-state index contributed by atoms with van der Waals surface area (Å²) in [5.41, 5.74) is -0.168. The third kappa shape index (κ3) is 3.74.